The van der Waals surface area contributed by atoms with Crippen LogP contribution in [0.4, 0.5) is 0 Å². The highest BCUT2D eigenvalue weighted by atomic mass is 32.2. The van der Waals surface area contributed by atoms with Gasteiger partial charge in [0.05, 0.1) is 10.7 Å². The fourth-order valence-corrected chi connectivity index (χ4v) is 5.23. The fraction of sp³-hybridized carbons (Fsp3) is 0.571. The van der Waals surface area contributed by atoms with Crippen molar-refractivity contribution in [1.82, 2.24) is 5.32 Å². The number of amides is 1. The lowest BCUT2D eigenvalue weighted by Gasteiger charge is -2.10. The zero-order chi connectivity index (χ0) is 18.8. The van der Waals surface area contributed by atoms with Crippen molar-refractivity contribution >= 4 is 15.7 Å². The Labute approximate surface area is 158 Å². The van der Waals surface area contributed by atoms with Crippen molar-refractivity contribution in [2.24, 2.45) is 0 Å². The minimum absolute atomic E-state index is 0.0304. The fourth-order valence-electron chi connectivity index (χ4n) is 3.39. The molecule has 0 saturated carbocycles. The van der Waals surface area contributed by atoms with Crippen molar-refractivity contribution in [1.29, 1.82) is 0 Å². The van der Waals surface area contributed by atoms with Gasteiger partial charge >= 0.3 is 0 Å². The third-order valence-electron chi connectivity index (χ3n) is 4.83. The zero-order valence-corrected chi connectivity index (χ0v) is 16.6. The van der Waals surface area contributed by atoms with Gasteiger partial charge in [0, 0.05) is 12.1 Å². The summed E-state index contributed by atoms with van der Waals surface area (Å²) in [5, 5.41) is 2.92. The molecule has 0 heterocycles. The van der Waals surface area contributed by atoms with Gasteiger partial charge in [-0.25, -0.2) is 8.42 Å². The summed E-state index contributed by atoms with van der Waals surface area (Å²) in [4.78, 5) is 12.8. The molecule has 5 heteroatoms. The normalized spacial score (nSPS) is 14.7. The molecule has 1 aliphatic carbocycles. The highest BCUT2D eigenvalue weighted by Crippen LogP contribution is 2.32. The molecule has 0 atom stereocenters. The number of benzene rings is 1. The maximum Gasteiger partial charge on any atom is 0.248 e. The molecule has 1 aromatic carbocycles. The molecule has 144 valence electrons. The molecule has 0 spiro atoms. The lowest BCUT2D eigenvalue weighted by molar-refractivity contribution is -0.117. The second kappa shape index (κ2) is 10.5. The number of allylic oxidation sites excluding steroid dienone is 1. The van der Waals surface area contributed by atoms with Gasteiger partial charge in [-0.3, -0.25) is 4.79 Å². The van der Waals surface area contributed by atoms with E-state index in [0.29, 0.717) is 29.9 Å². The number of hydrogen-bond acceptors (Lipinski definition) is 3. The maximum atomic E-state index is 12.8. The van der Waals surface area contributed by atoms with Gasteiger partial charge in [0.15, 0.2) is 9.84 Å². The number of rotatable bonds is 11. The van der Waals surface area contributed by atoms with Crippen LogP contribution in [0.25, 0.3) is 0 Å². The lowest BCUT2D eigenvalue weighted by atomic mass is 10.1. The Morgan fingerprint density at radius 2 is 1.69 bits per heavy atom. The molecule has 26 heavy (non-hydrogen) atoms. The van der Waals surface area contributed by atoms with Crippen LogP contribution in [0.5, 0.6) is 0 Å². The van der Waals surface area contributed by atoms with Gasteiger partial charge in [-0.05, 0) is 31.2 Å². The van der Waals surface area contributed by atoms with E-state index in [9.17, 15) is 13.2 Å². The first kappa shape index (κ1) is 20.7. The second-order valence-electron chi connectivity index (χ2n) is 7.02. The van der Waals surface area contributed by atoms with Gasteiger partial charge in [-0.2, -0.15) is 0 Å². The van der Waals surface area contributed by atoms with Crippen LogP contribution < -0.4 is 5.32 Å². The smallest absolute Gasteiger partial charge is 0.248 e. The number of unbranched alkanes of at least 4 members (excludes halogenated alkanes) is 5. The quantitative estimate of drug-likeness (QED) is 0.577. The van der Waals surface area contributed by atoms with Crippen molar-refractivity contribution in [2.45, 2.75) is 70.5 Å². The van der Waals surface area contributed by atoms with Crippen LogP contribution in [-0.4, -0.2) is 20.9 Å². The Morgan fingerprint density at radius 1 is 1.00 bits per heavy atom. The Balaban J connectivity index is 1.90. The molecule has 0 radical (unpaired) electrons. The van der Waals surface area contributed by atoms with E-state index >= 15 is 0 Å². The first-order valence-electron chi connectivity index (χ1n) is 9.81. The van der Waals surface area contributed by atoms with Crippen LogP contribution in [0.15, 0.2) is 40.8 Å². The van der Waals surface area contributed by atoms with Crippen LogP contribution in [0.3, 0.4) is 0 Å². The topological polar surface area (TPSA) is 63.2 Å². The molecule has 4 nitrogen and oxygen atoms in total. The summed E-state index contributed by atoms with van der Waals surface area (Å²) in [6.07, 6.45) is 8.78. The summed E-state index contributed by atoms with van der Waals surface area (Å²) in [5.41, 5.74) is 1.24. The van der Waals surface area contributed by atoms with Crippen LogP contribution in [0, 0.1) is 0 Å². The van der Waals surface area contributed by atoms with E-state index in [2.05, 4.69) is 12.2 Å². The van der Waals surface area contributed by atoms with E-state index in [1.807, 2.05) is 30.3 Å². The molecule has 0 fully saturated rings. The minimum Gasteiger partial charge on any atom is -0.352 e. The predicted octanol–water partition coefficient (Wildman–Crippen LogP) is 4.52. The Kier molecular flexibility index (Phi) is 8.36. The van der Waals surface area contributed by atoms with Crippen molar-refractivity contribution in [3.8, 4) is 0 Å². The molecule has 0 aliphatic heterocycles. The van der Waals surface area contributed by atoms with Gasteiger partial charge in [0.25, 0.3) is 0 Å². The summed E-state index contributed by atoms with van der Waals surface area (Å²) >= 11 is 0. The minimum atomic E-state index is -3.43. The largest absolute Gasteiger partial charge is 0.352 e. The van der Waals surface area contributed by atoms with E-state index in [1.54, 1.807) is 0 Å². The van der Waals surface area contributed by atoms with Gasteiger partial charge < -0.3 is 5.32 Å². The SMILES string of the molecule is CCCCCCCCNC(=O)C1=C(S(=O)(=O)Cc2ccccc2)CCC1. The Morgan fingerprint density at radius 3 is 2.42 bits per heavy atom. The molecule has 0 saturated heterocycles. The van der Waals surface area contributed by atoms with Crippen LogP contribution >= 0.6 is 0 Å². The van der Waals surface area contributed by atoms with E-state index in [1.165, 1.54) is 25.7 Å². The molecule has 1 aliphatic rings. The average molecular weight is 378 g/mol. The van der Waals surface area contributed by atoms with Gasteiger partial charge in [0.2, 0.25) is 5.91 Å². The summed E-state index contributed by atoms with van der Waals surface area (Å²) in [6.45, 7) is 2.82. The summed E-state index contributed by atoms with van der Waals surface area (Å²) in [5.74, 6) is -0.222. The van der Waals surface area contributed by atoms with E-state index in [-0.39, 0.29) is 11.7 Å². The molecular formula is C21H31NO3S. The van der Waals surface area contributed by atoms with Crippen molar-refractivity contribution in [3.63, 3.8) is 0 Å². The molecule has 1 aromatic rings. The number of sulfone groups is 1. The van der Waals surface area contributed by atoms with Crippen LogP contribution in [-0.2, 0) is 20.4 Å². The predicted molar refractivity (Wildman–Crippen MR) is 106 cm³/mol. The molecular weight excluding hydrogens is 346 g/mol. The molecule has 1 N–H and O–H groups in total. The molecule has 0 unspecified atom stereocenters. The lowest BCUT2D eigenvalue weighted by Crippen LogP contribution is -2.27. The molecule has 0 bridgehead atoms. The Hall–Kier alpha value is -1.62. The molecule has 0 aromatic heterocycles. The highest BCUT2D eigenvalue weighted by Gasteiger charge is 2.29. The number of carbonyl (C=O) groups is 1. The standard InChI is InChI=1S/C21H31NO3S/c1-2-3-4-5-6-10-16-22-21(23)19-14-11-15-20(19)26(24,25)17-18-12-8-7-9-13-18/h7-9,12-13H,2-6,10-11,14-17H2,1H3,(H,22,23). The number of hydrogen-bond donors (Lipinski definition) is 1. The van der Waals surface area contributed by atoms with E-state index < -0.39 is 9.84 Å². The second-order valence-corrected chi connectivity index (χ2v) is 9.03. The van der Waals surface area contributed by atoms with Crippen LogP contribution in [0.1, 0.15) is 70.3 Å². The first-order valence-corrected chi connectivity index (χ1v) is 11.5. The average Bonchev–Trinajstić information content (AvgIpc) is 3.12. The van der Waals surface area contributed by atoms with Crippen LogP contribution in [0.2, 0.25) is 0 Å². The number of nitrogens with one attached hydrogen (secondary N) is 1. The van der Waals surface area contributed by atoms with E-state index in [0.717, 1.165) is 24.8 Å². The Bertz CT molecular complexity index is 708. The van der Waals surface area contributed by atoms with Crippen molar-refractivity contribution in [2.75, 3.05) is 6.54 Å². The first-order chi connectivity index (χ1) is 12.5. The monoisotopic (exact) mass is 377 g/mol. The summed E-state index contributed by atoms with van der Waals surface area (Å²) in [6, 6.07) is 9.16. The summed E-state index contributed by atoms with van der Waals surface area (Å²) < 4.78 is 25.5. The highest BCUT2D eigenvalue weighted by molar-refractivity contribution is 7.94. The number of carbonyl (C=O) groups excluding carboxylic acids is 1. The van der Waals surface area contributed by atoms with Gasteiger partial charge in [0.1, 0.15) is 0 Å². The van der Waals surface area contributed by atoms with Crippen molar-refractivity contribution in [3.05, 3.63) is 46.4 Å². The zero-order valence-electron chi connectivity index (χ0n) is 15.8. The maximum absolute atomic E-state index is 12.8. The summed E-state index contributed by atoms with van der Waals surface area (Å²) in [7, 11) is -3.43. The molecule has 2 rings (SSSR count). The van der Waals surface area contributed by atoms with E-state index in [4.69, 9.17) is 0 Å². The third kappa shape index (κ3) is 6.27. The van der Waals surface area contributed by atoms with Gasteiger partial charge in [-0.15, -0.1) is 0 Å². The molecule has 1 amide bonds. The van der Waals surface area contributed by atoms with Crippen molar-refractivity contribution < 1.29 is 13.2 Å². The third-order valence-corrected chi connectivity index (χ3v) is 6.75. The van der Waals surface area contributed by atoms with Gasteiger partial charge in [-0.1, -0.05) is 69.4 Å².